The zero-order valence-corrected chi connectivity index (χ0v) is 22.1. The highest BCUT2D eigenvalue weighted by Gasteiger charge is 2.18. The van der Waals surface area contributed by atoms with E-state index in [4.69, 9.17) is 28.3 Å². The van der Waals surface area contributed by atoms with Crippen LogP contribution in [0.15, 0.2) is 42.5 Å². The van der Waals surface area contributed by atoms with E-state index in [1.807, 2.05) is 32.7 Å². The van der Waals surface area contributed by atoms with Crippen molar-refractivity contribution < 1.29 is 9.90 Å². The van der Waals surface area contributed by atoms with Gasteiger partial charge in [0.25, 0.3) is 11.1 Å². The second kappa shape index (κ2) is 13.4. The van der Waals surface area contributed by atoms with Crippen LogP contribution in [0.25, 0.3) is 5.69 Å². The monoisotopic (exact) mass is 547 g/mol. The van der Waals surface area contributed by atoms with Crippen LogP contribution in [0.4, 0.5) is 0 Å². The van der Waals surface area contributed by atoms with Gasteiger partial charge in [0.15, 0.2) is 0 Å². The average molecular weight is 548 g/mol. The van der Waals surface area contributed by atoms with Crippen molar-refractivity contribution in [3.63, 3.8) is 0 Å². The predicted octanol–water partition coefficient (Wildman–Crippen LogP) is 3.86. The Hall–Kier alpha value is -2.54. The van der Waals surface area contributed by atoms with Gasteiger partial charge < -0.3 is 5.11 Å². The van der Waals surface area contributed by atoms with E-state index in [-0.39, 0.29) is 27.2 Å². The molecule has 0 spiro atoms. The number of hydrogen-bond acceptors (Lipinski definition) is 8. The standard InChI is InChI=1S/C17H13Cl2N5O5S.C2H6.CH4S/c1-6(2)8-5-11(21-22-14(8)25)30-13-9(18)3-7(4-10(13)19)24-17(29)20-15(26)12(23-24)16(27)28;2*1-2/h3-6H,1-2H3,(H,22,25)(H,27,28)(H,20,26,29);1-2H3;2H,1H3. The van der Waals surface area contributed by atoms with E-state index in [9.17, 15) is 19.2 Å². The number of aromatic nitrogens is 5. The van der Waals surface area contributed by atoms with Crippen LogP contribution in [0.3, 0.4) is 0 Å². The molecular formula is C20H23Cl2N5O5S2. The molecule has 14 heteroatoms. The highest BCUT2D eigenvalue weighted by atomic mass is 35.5. The van der Waals surface area contributed by atoms with E-state index >= 15 is 0 Å². The number of nitrogens with one attached hydrogen (secondary N) is 2. The summed E-state index contributed by atoms with van der Waals surface area (Å²) in [4.78, 5) is 48.9. The molecule has 3 rings (SSSR count). The van der Waals surface area contributed by atoms with Crippen molar-refractivity contribution in [3.05, 3.63) is 70.7 Å². The maximum Gasteiger partial charge on any atom is 0.362 e. The van der Waals surface area contributed by atoms with Gasteiger partial charge >= 0.3 is 11.7 Å². The number of benzene rings is 1. The molecule has 0 aliphatic heterocycles. The molecule has 184 valence electrons. The lowest BCUT2D eigenvalue weighted by molar-refractivity contribution is 0.0685. The number of carbonyl (C=O) groups is 1. The minimum Gasteiger partial charge on any atom is -0.476 e. The topological polar surface area (TPSA) is 151 Å². The summed E-state index contributed by atoms with van der Waals surface area (Å²) in [7, 11) is 0. The van der Waals surface area contributed by atoms with Crippen molar-refractivity contribution in [2.75, 3.05) is 6.26 Å². The molecule has 0 aliphatic carbocycles. The van der Waals surface area contributed by atoms with Gasteiger partial charge in [-0.15, -0.1) is 0 Å². The Balaban J connectivity index is 0.00000137. The van der Waals surface area contributed by atoms with Crippen molar-refractivity contribution >= 4 is 53.6 Å². The van der Waals surface area contributed by atoms with Crippen LogP contribution in [-0.4, -0.2) is 42.3 Å². The number of rotatable bonds is 5. The lowest BCUT2D eigenvalue weighted by Crippen LogP contribution is -2.35. The number of aromatic amines is 2. The first-order chi connectivity index (χ1) is 16.1. The molecule has 3 N–H and O–H groups in total. The molecule has 10 nitrogen and oxygen atoms in total. The van der Waals surface area contributed by atoms with Gasteiger partial charge in [0.2, 0.25) is 5.69 Å². The van der Waals surface area contributed by atoms with Crippen LogP contribution in [0.1, 0.15) is 49.7 Å². The maximum atomic E-state index is 12.1. The van der Waals surface area contributed by atoms with Gasteiger partial charge in [-0.05, 0) is 30.4 Å². The van der Waals surface area contributed by atoms with Crippen molar-refractivity contribution in [1.29, 1.82) is 0 Å². The lowest BCUT2D eigenvalue weighted by Gasteiger charge is -2.11. The summed E-state index contributed by atoms with van der Waals surface area (Å²) in [6.45, 7) is 7.74. The number of carboxylic acid groups (broad SMARTS) is 1. The third kappa shape index (κ3) is 6.98. The molecule has 0 bridgehead atoms. The van der Waals surface area contributed by atoms with Gasteiger partial charge in [0, 0.05) is 5.56 Å². The molecule has 0 unspecified atom stereocenters. The molecule has 2 aromatic heterocycles. The van der Waals surface area contributed by atoms with Crippen LogP contribution >= 0.6 is 47.6 Å². The van der Waals surface area contributed by atoms with Crippen LogP contribution in [0.2, 0.25) is 10.0 Å². The first-order valence-corrected chi connectivity index (χ1v) is 12.2. The second-order valence-electron chi connectivity index (χ2n) is 6.31. The number of thiol groups is 1. The van der Waals surface area contributed by atoms with Gasteiger partial charge in [-0.3, -0.25) is 14.6 Å². The normalized spacial score (nSPS) is 10.1. The number of carboxylic acids is 1. The molecule has 34 heavy (non-hydrogen) atoms. The molecule has 3 aromatic rings. The fraction of sp³-hybridized carbons (Fsp3) is 0.300. The van der Waals surface area contributed by atoms with E-state index in [0.29, 0.717) is 20.2 Å². The molecule has 0 fully saturated rings. The molecule has 1 aromatic carbocycles. The Bertz CT molecular complexity index is 1310. The van der Waals surface area contributed by atoms with Crippen LogP contribution < -0.4 is 16.8 Å². The van der Waals surface area contributed by atoms with Gasteiger partial charge in [0.1, 0.15) is 5.03 Å². The molecule has 0 amide bonds. The number of aromatic carboxylic acids is 1. The quantitative estimate of drug-likeness (QED) is 0.351. The Labute approximate surface area is 214 Å². The van der Waals surface area contributed by atoms with E-state index < -0.39 is 22.9 Å². The van der Waals surface area contributed by atoms with Crippen LogP contribution in [0.5, 0.6) is 0 Å². The summed E-state index contributed by atoms with van der Waals surface area (Å²) in [6, 6.07) is 4.30. The van der Waals surface area contributed by atoms with Crippen molar-refractivity contribution in [3.8, 4) is 5.69 Å². The molecule has 0 radical (unpaired) electrons. The van der Waals surface area contributed by atoms with Crippen molar-refractivity contribution in [2.24, 2.45) is 0 Å². The molecule has 0 aliphatic rings. The molecular weight excluding hydrogens is 525 g/mol. The fourth-order valence-corrected chi connectivity index (χ4v) is 3.97. The summed E-state index contributed by atoms with van der Waals surface area (Å²) in [6.07, 6.45) is 1.69. The number of hydrogen-bond donors (Lipinski definition) is 4. The minimum atomic E-state index is -1.60. The molecule has 2 heterocycles. The van der Waals surface area contributed by atoms with E-state index in [0.717, 1.165) is 11.8 Å². The highest BCUT2D eigenvalue weighted by Crippen LogP contribution is 2.39. The molecule has 0 saturated carbocycles. The minimum absolute atomic E-state index is 0.0222. The smallest absolute Gasteiger partial charge is 0.362 e. The first kappa shape index (κ1) is 29.5. The Kier molecular flexibility index (Phi) is 11.6. The van der Waals surface area contributed by atoms with Gasteiger partial charge in [0.05, 0.1) is 20.6 Å². The second-order valence-corrected chi connectivity index (χ2v) is 8.16. The predicted molar refractivity (Wildman–Crippen MR) is 137 cm³/mol. The average Bonchev–Trinajstić information content (AvgIpc) is 2.79. The molecule has 0 saturated heterocycles. The third-order valence-corrected chi connectivity index (χ3v) is 5.78. The van der Waals surface area contributed by atoms with Crippen LogP contribution in [0, 0.1) is 0 Å². The van der Waals surface area contributed by atoms with E-state index in [1.54, 1.807) is 12.3 Å². The Morgan fingerprint density at radius 3 is 2.15 bits per heavy atom. The molecule has 0 atom stereocenters. The number of nitrogens with zero attached hydrogens (tertiary/aromatic N) is 3. The first-order valence-electron chi connectivity index (χ1n) is 9.77. The Morgan fingerprint density at radius 1 is 1.09 bits per heavy atom. The maximum absolute atomic E-state index is 12.1. The van der Waals surface area contributed by atoms with E-state index in [2.05, 4.69) is 27.9 Å². The lowest BCUT2D eigenvalue weighted by atomic mass is 10.1. The van der Waals surface area contributed by atoms with E-state index in [1.165, 1.54) is 12.1 Å². The summed E-state index contributed by atoms with van der Waals surface area (Å²) in [5, 5.41) is 19.7. The van der Waals surface area contributed by atoms with Crippen LogP contribution in [-0.2, 0) is 0 Å². The summed E-state index contributed by atoms with van der Waals surface area (Å²) < 4.78 is 0.673. The number of H-pyrrole nitrogens is 2. The third-order valence-electron chi connectivity index (χ3n) is 3.90. The van der Waals surface area contributed by atoms with Gasteiger partial charge in [-0.2, -0.15) is 27.5 Å². The largest absolute Gasteiger partial charge is 0.476 e. The van der Waals surface area contributed by atoms with Gasteiger partial charge in [-0.25, -0.2) is 14.7 Å². The van der Waals surface area contributed by atoms with Crippen molar-refractivity contribution in [1.82, 2.24) is 25.0 Å². The van der Waals surface area contributed by atoms with Crippen molar-refractivity contribution in [2.45, 2.75) is 43.5 Å². The Morgan fingerprint density at radius 2 is 1.65 bits per heavy atom. The summed E-state index contributed by atoms with van der Waals surface area (Å²) in [5.41, 5.74) is -2.64. The number of halogens is 2. The highest BCUT2D eigenvalue weighted by molar-refractivity contribution is 7.99. The zero-order chi connectivity index (χ0) is 26.2. The summed E-state index contributed by atoms with van der Waals surface area (Å²) in [5.74, 6) is -1.62. The van der Waals surface area contributed by atoms with Gasteiger partial charge in [-0.1, -0.05) is 62.7 Å². The zero-order valence-electron chi connectivity index (χ0n) is 18.8. The SMILES string of the molecule is CC.CC(C)c1cc(Sc2c(Cl)cc(-n3nc(C(=O)O)c(=O)[nH]c3=O)cc2Cl)n[nH]c1=O.CS. The summed E-state index contributed by atoms with van der Waals surface area (Å²) >= 11 is 17.3. The fourth-order valence-electron chi connectivity index (χ4n) is 2.47.